The molecule has 1 saturated heterocycles. The molecule has 152 valence electrons. The molecule has 1 aromatic carbocycles. The molecule has 8 heteroatoms. The summed E-state index contributed by atoms with van der Waals surface area (Å²) < 4.78 is 26.4. The smallest absolute Gasteiger partial charge is 0.228 e. The molecule has 3 rings (SSSR count). The molecule has 2 atom stereocenters. The first-order chi connectivity index (χ1) is 13.0. The number of nitrogens with zero attached hydrogens (tertiary/aromatic N) is 2. The molecule has 0 aliphatic carbocycles. The van der Waals surface area contributed by atoms with Crippen LogP contribution in [0.4, 0.5) is 0 Å². The first-order valence-corrected chi connectivity index (χ1v) is 12.1. The molecule has 6 nitrogen and oxygen atoms in total. The van der Waals surface area contributed by atoms with Crippen molar-refractivity contribution in [1.29, 1.82) is 0 Å². The first-order valence-electron chi connectivity index (χ1n) is 9.33. The van der Waals surface area contributed by atoms with E-state index in [4.69, 9.17) is 4.98 Å². The zero-order valence-corrected chi connectivity index (χ0v) is 18.3. The number of rotatable bonds is 5. The largest absolute Gasteiger partial charge is 0.337 e. The van der Waals surface area contributed by atoms with Crippen LogP contribution in [0.25, 0.3) is 10.6 Å². The Hall–Kier alpha value is -1.77. The lowest BCUT2D eigenvalue weighted by Crippen LogP contribution is -2.50. The van der Waals surface area contributed by atoms with Crippen LogP contribution in [0.2, 0.25) is 0 Å². The summed E-state index contributed by atoms with van der Waals surface area (Å²) in [4.78, 5) is 19.5. The Morgan fingerprint density at radius 2 is 1.96 bits per heavy atom. The first kappa shape index (κ1) is 21.0. The van der Waals surface area contributed by atoms with Crippen molar-refractivity contribution in [2.45, 2.75) is 45.7 Å². The lowest BCUT2D eigenvalue weighted by Gasteiger charge is -2.32. The molecular weight excluding hydrogens is 394 g/mol. The minimum Gasteiger partial charge on any atom is -0.337 e. The minimum absolute atomic E-state index is 0.0359. The zero-order valence-electron chi connectivity index (χ0n) is 16.7. The zero-order chi connectivity index (χ0) is 20.5. The summed E-state index contributed by atoms with van der Waals surface area (Å²) in [6.45, 7) is 6.21. The number of likely N-dealkylation sites (tertiary alicyclic amines) is 1. The standard InChI is InChI=1S/C20H27N3O3S2/c1-20(2,3)19(24)23-11-10-16(22-28(4,25)26)17(23)12-15-13-27-18(21-15)14-8-6-5-7-9-14/h5-9,13,16-17,22H,10-12H2,1-4H3. The van der Waals surface area contributed by atoms with Crippen LogP contribution in [0.5, 0.6) is 0 Å². The predicted molar refractivity (Wildman–Crippen MR) is 113 cm³/mol. The number of carbonyl (C=O) groups is 1. The number of hydrogen-bond donors (Lipinski definition) is 1. The van der Waals surface area contributed by atoms with E-state index in [2.05, 4.69) is 4.72 Å². The van der Waals surface area contributed by atoms with Gasteiger partial charge in [-0.2, -0.15) is 0 Å². The number of benzene rings is 1. The SMILES string of the molecule is CC(C)(C)C(=O)N1CCC(NS(C)(=O)=O)C1Cc1csc(-c2ccccc2)n1. The van der Waals surface area contributed by atoms with Gasteiger partial charge in [-0.3, -0.25) is 4.79 Å². The third-order valence-electron chi connectivity index (χ3n) is 4.80. The van der Waals surface area contributed by atoms with E-state index in [1.165, 1.54) is 0 Å². The van der Waals surface area contributed by atoms with Gasteiger partial charge in [-0.15, -0.1) is 11.3 Å². The Balaban J connectivity index is 1.85. The third-order valence-corrected chi connectivity index (χ3v) is 6.48. The van der Waals surface area contributed by atoms with Crippen molar-refractivity contribution in [1.82, 2.24) is 14.6 Å². The number of carbonyl (C=O) groups excluding carboxylic acids is 1. The van der Waals surface area contributed by atoms with Crippen LogP contribution in [-0.4, -0.2) is 49.1 Å². The molecule has 1 amide bonds. The fourth-order valence-electron chi connectivity index (χ4n) is 3.53. The van der Waals surface area contributed by atoms with Gasteiger partial charge in [0.2, 0.25) is 15.9 Å². The summed E-state index contributed by atoms with van der Waals surface area (Å²) in [7, 11) is -3.36. The van der Waals surface area contributed by atoms with Gasteiger partial charge in [-0.05, 0) is 6.42 Å². The molecule has 2 aromatic rings. The summed E-state index contributed by atoms with van der Waals surface area (Å²) in [6.07, 6.45) is 2.29. The van der Waals surface area contributed by atoms with Gasteiger partial charge in [0, 0.05) is 35.4 Å². The molecule has 1 N–H and O–H groups in total. The van der Waals surface area contributed by atoms with E-state index in [0.717, 1.165) is 22.5 Å². The molecule has 2 heterocycles. The Kier molecular flexibility index (Phi) is 5.93. The second-order valence-corrected chi connectivity index (χ2v) is 11.0. The van der Waals surface area contributed by atoms with Crippen LogP contribution in [0.1, 0.15) is 32.9 Å². The maximum atomic E-state index is 12.9. The van der Waals surface area contributed by atoms with Crippen molar-refractivity contribution in [2.24, 2.45) is 5.41 Å². The number of nitrogens with one attached hydrogen (secondary N) is 1. The fraction of sp³-hybridized carbons (Fsp3) is 0.500. The van der Waals surface area contributed by atoms with Crippen molar-refractivity contribution >= 4 is 27.3 Å². The lowest BCUT2D eigenvalue weighted by molar-refractivity contribution is -0.140. The molecule has 1 aliphatic rings. The quantitative estimate of drug-likeness (QED) is 0.805. The van der Waals surface area contributed by atoms with Crippen LogP contribution in [0, 0.1) is 5.41 Å². The highest BCUT2D eigenvalue weighted by Crippen LogP contribution is 2.30. The molecular formula is C20H27N3O3S2. The van der Waals surface area contributed by atoms with Crippen molar-refractivity contribution in [2.75, 3.05) is 12.8 Å². The number of hydrogen-bond acceptors (Lipinski definition) is 5. The highest BCUT2D eigenvalue weighted by molar-refractivity contribution is 7.88. The summed E-state index contributed by atoms with van der Waals surface area (Å²) in [5, 5.41) is 2.92. The van der Waals surface area contributed by atoms with Crippen LogP contribution in [0.3, 0.4) is 0 Å². The van der Waals surface area contributed by atoms with Gasteiger partial charge in [0.05, 0.1) is 18.0 Å². The van der Waals surface area contributed by atoms with Gasteiger partial charge in [-0.1, -0.05) is 51.1 Å². The molecule has 1 aromatic heterocycles. The van der Waals surface area contributed by atoms with Crippen LogP contribution in [0.15, 0.2) is 35.7 Å². The number of sulfonamides is 1. The van der Waals surface area contributed by atoms with Crippen molar-refractivity contribution in [3.8, 4) is 10.6 Å². The van der Waals surface area contributed by atoms with E-state index in [1.807, 2.05) is 61.4 Å². The molecule has 0 radical (unpaired) electrons. The minimum atomic E-state index is -3.36. The van der Waals surface area contributed by atoms with Crippen molar-refractivity contribution in [3.05, 3.63) is 41.4 Å². The van der Waals surface area contributed by atoms with E-state index < -0.39 is 15.4 Å². The van der Waals surface area contributed by atoms with E-state index in [0.29, 0.717) is 19.4 Å². The van der Waals surface area contributed by atoms with E-state index in [-0.39, 0.29) is 18.0 Å². The normalized spacial score (nSPS) is 20.5. The second kappa shape index (κ2) is 7.93. The highest BCUT2D eigenvalue weighted by atomic mass is 32.2. The predicted octanol–water partition coefficient (Wildman–Crippen LogP) is 2.92. The van der Waals surface area contributed by atoms with Crippen LogP contribution < -0.4 is 4.72 Å². The van der Waals surface area contributed by atoms with Gasteiger partial charge < -0.3 is 4.90 Å². The van der Waals surface area contributed by atoms with Crippen LogP contribution in [-0.2, 0) is 21.2 Å². The van der Waals surface area contributed by atoms with Gasteiger partial charge in [-0.25, -0.2) is 18.1 Å². The van der Waals surface area contributed by atoms with Gasteiger partial charge >= 0.3 is 0 Å². The molecule has 0 spiro atoms. The second-order valence-electron chi connectivity index (χ2n) is 8.32. The number of amides is 1. The average molecular weight is 422 g/mol. The molecule has 1 aliphatic heterocycles. The monoisotopic (exact) mass is 421 g/mol. The van der Waals surface area contributed by atoms with Gasteiger partial charge in [0.25, 0.3) is 0 Å². The van der Waals surface area contributed by atoms with E-state index in [9.17, 15) is 13.2 Å². The van der Waals surface area contributed by atoms with Crippen molar-refractivity contribution < 1.29 is 13.2 Å². The van der Waals surface area contributed by atoms with Gasteiger partial charge in [0.1, 0.15) is 5.01 Å². The van der Waals surface area contributed by atoms with Crippen molar-refractivity contribution in [3.63, 3.8) is 0 Å². The van der Waals surface area contributed by atoms with Crippen LogP contribution >= 0.6 is 11.3 Å². The van der Waals surface area contributed by atoms with Gasteiger partial charge in [0.15, 0.2) is 0 Å². The molecule has 2 unspecified atom stereocenters. The average Bonchev–Trinajstić information content (AvgIpc) is 3.21. The highest BCUT2D eigenvalue weighted by Gasteiger charge is 2.41. The lowest BCUT2D eigenvalue weighted by atomic mass is 9.93. The summed E-state index contributed by atoms with van der Waals surface area (Å²) >= 11 is 1.56. The van der Waals surface area contributed by atoms with E-state index >= 15 is 0 Å². The number of aromatic nitrogens is 1. The summed E-state index contributed by atoms with van der Waals surface area (Å²) in [5.41, 5.74) is 1.41. The molecule has 28 heavy (non-hydrogen) atoms. The summed E-state index contributed by atoms with van der Waals surface area (Å²) in [6, 6.07) is 9.40. The third kappa shape index (κ3) is 4.98. The topological polar surface area (TPSA) is 79.4 Å². The summed E-state index contributed by atoms with van der Waals surface area (Å²) in [5.74, 6) is 0.0359. The maximum Gasteiger partial charge on any atom is 0.228 e. The Morgan fingerprint density at radius 1 is 1.29 bits per heavy atom. The molecule has 0 saturated carbocycles. The fourth-order valence-corrected chi connectivity index (χ4v) is 5.19. The Labute approximate surface area is 171 Å². The van der Waals surface area contributed by atoms with E-state index in [1.54, 1.807) is 11.3 Å². The Bertz CT molecular complexity index is 933. The maximum absolute atomic E-state index is 12.9. The molecule has 1 fully saturated rings. The number of thiazole rings is 1. The Morgan fingerprint density at radius 3 is 2.57 bits per heavy atom. The molecule has 0 bridgehead atoms.